The van der Waals surface area contributed by atoms with Gasteiger partial charge in [-0.3, -0.25) is 0 Å². The third-order valence-electron chi connectivity index (χ3n) is 6.46. The molecule has 2 aromatic rings. The van der Waals surface area contributed by atoms with Gasteiger partial charge in [-0.25, -0.2) is 4.79 Å². The highest BCUT2D eigenvalue weighted by Gasteiger charge is 2.51. The normalized spacial score (nSPS) is 17.7. The van der Waals surface area contributed by atoms with Crippen LogP contribution in [0.2, 0.25) is 0 Å². The number of nitrogens with one attached hydrogen (secondary N) is 1. The van der Waals surface area contributed by atoms with Crippen LogP contribution in [0.5, 0.6) is 0 Å². The van der Waals surface area contributed by atoms with Crippen LogP contribution < -0.4 is 10.8 Å². The van der Waals surface area contributed by atoms with Gasteiger partial charge in [0.15, 0.2) is 0 Å². The zero-order chi connectivity index (χ0) is 23.2. The number of carbonyl (C=O) groups is 1. The van der Waals surface area contributed by atoms with Crippen LogP contribution in [-0.2, 0) is 26.9 Å². The molecule has 0 aliphatic carbocycles. The molecule has 1 atom stereocenters. The summed E-state index contributed by atoms with van der Waals surface area (Å²) in [5.74, 6) is 0. The molecule has 6 heteroatoms. The van der Waals surface area contributed by atoms with Gasteiger partial charge in [-0.2, -0.15) is 0 Å². The largest absolute Gasteiger partial charge is 0.494 e. The molecule has 1 heterocycles. The summed E-state index contributed by atoms with van der Waals surface area (Å²) in [7, 11) is -0.387. The first-order valence-corrected chi connectivity index (χ1v) is 11.6. The Morgan fingerprint density at radius 3 is 2.31 bits per heavy atom. The molecule has 3 rings (SSSR count). The quantitative estimate of drug-likeness (QED) is 0.458. The van der Waals surface area contributed by atoms with E-state index in [9.17, 15) is 4.79 Å². The van der Waals surface area contributed by atoms with Gasteiger partial charge in [0, 0.05) is 6.04 Å². The summed E-state index contributed by atoms with van der Waals surface area (Å²) in [4.78, 5) is 12.3. The zero-order valence-electron chi connectivity index (χ0n) is 20.0. The Balaban J connectivity index is 1.49. The fourth-order valence-electron chi connectivity index (χ4n) is 3.72. The summed E-state index contributed by atoms with van der Waals surface area (Å²) < 4.78 is 17.7. The molecule has 1 unspecified atom stereocenters. The van der Waals surface area contributed by atoms with Crippen LogP contribution in [0.3, 0.4) is 0 Å². The Morgan fingerprint density at radius 2 is 1.66 bits per heavy atom. The number of aryl methyl sites for hydroxylation is 1. The van der Waals surface area contributed by atoms with E-state index in [4.69, 9.17) is 14.0 Å². The summed E-state index contributed by atoms with van der Waals surface area (Å²) in [5, 5.41) is 3.01. The Labute approximate surface area is 193 Å². The predicted molar refractivity (Wildman–Crippen MR) is 129 cm³/mol. The van der Waals surface area contributed by atoms with Crippen LogP contribution >= 0.6 is 0 Å². The standard InChI is InChI=1S/C26H36BNO4/c1-6-23(28-24(29)30-17-11-15-20-12-8-7-9-13-20)19-21-14-10-16-22(18-21)27-31-25(2,3)26(4,5)32-27/h7-10,12-14,16,18,23H,6,11,15,17,19H2,1-5H3,(H,28,29). The molecule has 0 bridgehead atoms. The fourth-order valence-corrected chi connectivity index (χ4v) is 3.72. The van der Waals surface area contributed by atoms with Crippen molar-refractivity contribution in [1.82, 2.24) is 5.32 Å². The van der Waals surface area contributed by atoms with E-state index in [0.717, 1.165) is 36.7 Å². The first kappa shape index (κ1) is 24.3. The SMILES string of the molecule is CCC(Cc1cccc(B2OC(C)(C)C(C)(C)O2)c1)NC(=O)OCCCc1ccccc1. The second-order valence-corrected chi connectivity index (χ2v) is 9.51. The first-order valence-electron chi connectivity index (χ1n) is 11.6. The van der Waals surface area contributed by atoms with Crippen molar-refractivity contribution in [3.8, 4) is 0 Å². The van der Waals surface area contributed by atoms with E-state index in [1.807, 2.05) is 30.3 Å². The van der Waals surface area contributed by atoms with Gasteiger partial charge in [0.1, 0.15) is 0 Å². The summed E-state index contributed by atoms with van der Waals surface area (Å²) in [6.07, 6.45) is 2.90. The number of amides is 1. The number of carbonyl (C=O) groups excluding carboxylic acids is 1. The van der Waals surface area contributed by atoms with Crippen LogP contribution in [0.1, 0.15) is 58.6 Å². The average Bonchev–Trinajstić information content (AvgIpc) is 2.99. The summed E-state index contributed by atoms with van der Waals surface area (Å²) in [5.41, 5.74) is 2.65. The Bertz CT molecular complexity index is 868. The molecule has 32 heavy (non-hydrogen) atoms. The van der Waals surface area contributed by atoms with E-state index in [0.29, 0.717) is 6.61 Å². The lowest BCUT2D eigenvalue weighted by Gasteiger charge is -2.32. The van der Waals surface area contributed by atoms with Gasteiger partial charge in [0.25, 0.3) is 0 Å². The van der Waals surface area contributed by atoms with Crippen LogP contribution in [0.15, 0.2) is 54.6 Å². The van der Waals surface area contributed by atoms with Gasteiger partial charge in [0.2, 0.25) is 0 Å². The van der Waals surface area contributed by atoms with Gasteiger partial charge in [-0.05, 0) is 70.0 Å². The number of hydrogen-bond donors (Lipinski definition) is 1. The van der Waals surface area contributed by atoms with E-state index in [-0.39, 0.29) is 30.5 Å². The van der Waals surface area contributed by atoms with Crippen LogP contribution in [0.25, 0.3) is 0 Å². The molecule has 0 aromatic heterocycles. The van der Waals surface area contributed by atoms with Crippen molar-refractivity contribution in [2.45, 2.75) is 77.5 Å². The highest BCUT2D eigenvalue weighted by Crippen LogP contribution is 2.36. The highest BCUT2D eigenvalue weighted by molar-refractivity contribution is 6.62. The molecule has 1 aliphatic heterocycles. The molecular weight excluding hydrogens is 401 g/mol. The molecule has 0 radical (unpaired) electrons. The maximum absolute atomic E-state index is 12.3. The van der Waals surface area contributed by atoms with Gasteiger partial charge in [0.05, 0.1) is 17.8 Å². The zero-order valence-corrected chi connectivity index (χ0v) is 20.0. The second kappa shape index (κ2) is 10.5. The summed E-state index contributed by atoms with van der Waals surface area (Å²) in [6, 6.07) is 18.5. The maximum Gasteiger partial charge on any atom is 0.494 e. The first-order chi connectivity index (χ1) is 15.2. The molecule has 1 aliphatic rings. The third-order valence-corrected chi connectivity index (χ3v) is 6.46. The Kier molecular flexibility index (Phi) is 8.02. The number of benzene rings is 2. The number of ether oxygens (including phenoxy) is 1. The van der Waals surface area contributed by atoms with Gasteiger partial charge in [-0.15, -0.1) is 0 Å². The smallest absolute Gasteiger partial charge is 0.450 e. The highest BCUT2D eigenvalue weighted by atomic mass is 16.7. The molecule has 1 fully saturated rings. The molecule has 0 saturated carbocycles. The molecule has 5 nitrogen and oxygen atoms in total. The van der Waals surface area contributed by atoms with E-state index in [2.05, 4.69) is 64.2 Å². The van der Waals surface area contributed by atoms with Crippen molar-refractivity contribution in [3.05, 3.63) is 65.7 Å². The summed E-state index contributed by atoms with van der Waals surface area (Å²) >= 11 is 0. The van der Waals surface area contributed by atoms with E-state index in [1.165, 1.54) is 5.56 Å². The van der Waals surface area contributed by atoms with Crippen LogP contribution in [-0.4, -0.2) is 37.1 Å². The predicted octanol–water partition coefficient (Wildman–Crippen LogP) is 4.67. The lowest BCUT2D eigenvalue weighted by atomic mass is 9.78. The molecule has 2 aromatic carbocycles. The Morgan fingerprint density at radius 1 is 1.00 bits per heavy atom. The third kappa shape index (κ3) is 6.36. The van der Waals surface area contributed by atoms with Crippen molar-refractivity contribution in [3.63, 3.8) is 0 Å². The lowest BCUT2D eigenvalue weighted by molar-refractivity contribution is 0.00578. The summed E-state index contributed by atoms with van der Waals surface area (Å²) in [6.45, 7) is 10.7. The van der Waals surface area contributed by atoms with Crippen molar-refractivity contribution in [1.29, 1.82) is 0 Å². The van der Waals surface area contributed by atoms with Crippen LogP contribution in [0.4, 0.5) is 4.79 Å². The number of hydrogen-bond acceptors (Lipinski definition) is 4. The van der Waals surface area contributed by atoms with E-state index >= 15 is 0 Å². The monoisotopic (exact) mass is 437 g/mol. The molecular formula is C26H36BNO4. The van der Waals surface area contributed by atoms with Crippen molar-refractivity contribution < 1.29 is 18.8 Å². The average molecular weight is 437 g/mol. The Hall–Kier alpha value is -2.31. The maximum atomic E-state index is 12.3. The van der Waals surface area contributed by atoms with Crippen molar-refractivity contribution in [2.75, 3.05) is 6.61 Å². The van der Waals surface area contributed by atoms with Gasteiger partial charge < -0.3 is 19.4 Å². The van der Waals surface area contributed by atoms with Crippen molar-refractivity contribution >= 4 is 18.7 Å². The van der Waals surface area contributed by atoms with Gasteiger partial charge >= 0.3 is 13.2 Å². The minimum atomic E-state index is -0.387. The molecule has 1 N–H and O–H groups in total. The van der Waals surface area contributed by atoms with Crippen molar-refractivity contribution in [2.24, 2.45) is 0 Å². The minimum absolute atomic E-state index is 0.00479. The molecule has 0 spiro atoms. The lowest BCUT2D eigenvalue weighted by Crippen LogP contribution is -2.41. The molecule has 172 valence electrons. The minimum Gasteiger partial charge on any atom is -0.450 e. The van der Waals surface area contributed by atoms with E-state index < -0.39 is 0 Å². The van der Waals surface area contributed by atoms with Crippen LogP contribution in [0, 0.1) is 0 Å². The second-order valence-electron chi connectivity index (χ2n) is 9.51. The fraction of sp³-hybridized carbons (Fsp3) is 0.500. The number of alkyl carbamates (subject to hydrolysis) is 1. The number of rotatable bonds is 9. The van der Waals surface area contributed by atoms with E-state index in [1.54, 1.807) is 0 Å². The topological polar surface area (TPSA) is 56.8 Å². The molecule has 1 amide bonds. The molecule has 1 saturated heterocycles. The van der Waals surface area contributed by atoms with Gasteiger partial charge in [-0.1, -0.05) is 61.5 Å².